The van der Waals surface area contributed by atoms with Gasteiger partial charge >= 0.3 is 6.09 Å². The smallest absolute Gasteiger partial charge is 0.410 e. The molecule has 0 aliphatic carbocycles. The number of rotatable bonds is 9. The number of carbonyl (C=O) groups excluding carboxylic acids is 2. The van der Waals surface area contributed by atoms with E-state index >= 15 is 0 Å². The average Bonchev–Trinajstić information content (AvgIpc) is 3.11. The Kier molecular flexibility index (Phi) is 8.45. The number of hydrogen-bond acceptors (Lipinski definition) is 5. The number of ether oxygens (including phenoxy) is 1. The average molecular weight is 426 g/mol. The quantitative estimate of drug-likeness (QED) is 0.653. The molecule has 8 nitrogen and oxygen atoms in total. The van der Waals surface area contributed by atoms with Crippen LogP contribution in [0.2, 0.25) is 0 Å². The summed E-state index contributed by atoms with van der Waals surface area (Å²) in [5.41, 5.74) is 0.873. The molecule has 1 atom stereocenters. The van der Waals surface area contributed by atoms with Gasteiger partial charge in [0.25, 0.3) is 0 Å². The lowest BCUT2D eigenvalue weighted by Gasteiger charge is -2.27. The lowest BCUT2D eigenvalue weighted by molar-refractivity contribution is -0.121. The highest BCUT2D eigenvalue weighted by molar-refractivity contribution is 7.89. The van der Waals surface area contributed by atoms with E-state index in [1.165, 1.54) is 4.90 Å². The van der Waals surface area contributed by atoms with E-state index in [1.807, 2.05) is 44.2 Å². The highest BCUT2D eigenvalue weighted by Crippen LogP contribution is 2.21. The van der Waals surface area contributed by atoms with Crippen LogP contribution in [0.3, 0.4) is 0 Å². The molecule has 2 rings (SSSR count). The van der Waals surface area contributed by atoms with Crippen LogP contribution in [0.1, 0.15) is 39.2 Å². The Hall–Kier alpha value is -2.13. The molecule has 1 aromatic rings. The second kappa shape index (κ2) is 10.6. The molecule has 1 saturated heterocycles. The standard InChI is InChI=1S/C20H31N3O5S/c1-4-22(13-19(24)21-16(2)3)29(26,27)15-18-11-8-12-23(18)20(25)28-14-17-9-6-5-7-10-17/h5-7,9-10,16,18H,4,8,11-15H2,1-3H3,(H,21,24)/t18-/m1/s1. The van der Waals surface area contributed by atoms with Crippen molar-refractivity contribution in [1.29, 1.82) is 0 Å². The summed E-state index contributed by atoms with van der Waals surface area (Å²) in [6.07, 6.45) is 0.808. The summed E-state index contributed by atoms with van der Waals surface area (Å²) in [7, 11) is -3.70. The molecule has 9 heteroatoms. The number of benzene rings is 1. The van der Waals surface area contributed by atoms with Crippen molar-refractivity contribution in [3.8, 4) is 0 Å². The first-order valence-electron chi connectivity index (χ1n) is 9.97. The molecule has 1 aromatic carbocycles. The molecule has 0 spiro atoms. The fourth-order valence-electron chi connectivity index (χ4n) is 3.33. The van der Waals surface area contributed by atoms with Gasteiger partial charge in [-0.05, 0) is 32.3 Å². The Bertz CT molecular complexity index is 783. The molecule has 0 bridgehead atoms. The Balaban J connectivity index is 1.96. The zero-order valence-electron chi connectivity index (χ0n) is 17.3. The third-order valence-electron chi connectivity index (χ3n) is 4.74. The van der Waals surface area contributed by atoms with Gasteiger partial charge in [0.2, 0.25) is 15.9 Å². The summed E-state index contributed by atoms with van der Waals surface area (Å²) in [5.74, 6) is -0.549. The lowest BCUT2D eigenvalue weighted by atomic mass is 10.2. The topological polar surface area (TPSA) is 96.0 Å². The summed E-state index contributed by atoms with van der Waals surface area (Å²) in [5, 5.41) is 2.70. The molecule has 0 aromatic heterocycles. The summed E-state index contributed by atoms with van der Waals surface area (Å²) >= 11 is 0. The zero-order chi connectivity index (χ0) is 21.4. The van der Waals surface area contributed by atoms with Crippen LogP contribution < -0.4 is 5.32 Å². The molecular formula is C20H31N3O5S. The number of hydrogen-bond donors (Lipinski definition) is 1. The minimum absolute atomic E-state index is 0.0615. The van der Waals surface area contributed by atoms with Gasteiger partial charge in [-0.3, -0.25) is 4.79 Å². The van der Waals surface area contributed by atoms with E-state index in [-0.39, 0.29) is 37.4 Å². The monoisotopic (exact) mass is 425 g/mol. The molecular weight excluding hydrogens is 394 g/mol. The normalized spacial score (nSPS) is 17.0. The van der Waals surface area contributed by atoms with Crippen LogP contribution in [-0.2, 0) is 26.2 Å². The minimum Gasteiger partial charge on any atom is -0.445 e. The molecule has 0 saturated carbocycles. The van der Waals surface area contributed by atoms with Gasteiger partial charge in [0.05, 0.1) is 18.3 Å². The summed E-state index contributed by atoms with van der Waals surface area (Å²) < 4.78 is 32.2. The summed E-state index contributed by atoms with van der Waals surface area (Å²) in [4.78, 5) is 26.0. The van der Waals surface area contributed by atoms with Crippen molar-refractivity contribution in [2.24, 2.45) is 0 Å². The molecule has 0 unspecified atom stereocenters. The van der Waals surface area contributed by atoms with E-state index in [9.17, 15) is 18.0 Å². The van der Waals surface area contributed by atoms with Gasteiger partial charge in [-0.25, -0.2) is 13.2 Å². The Morgan fingerprint density at radius 1 is 1.28 bits per heavy atom. The van der Waals surface area contributed by atoms with Crippen molar-refractivity contribution in [3.05, 3.63) is 35.9 Å². The molecule has 2 amide bonds. The van der Waals surface area contributed by atoms with Crippen LogP contribution in [0, 0.1) is 0 Å². The summed E-state index contributed by atoms with van der Waals surface area (Å²) in [6.45, 7) is 5.92. The SMILES string of the molecule is CCN(CC(=O)NC(C)C)S(=O)(=O)C[C@H]1CCCN1C(=O)OCc1ccccc1. The van der Waals surface area contributed by atoms with Crippen molar-refractivity contribution in [2.45, 2.75) is 52.3 Å². The minimum atomic E-state index is -3.70. The Morgan fingerprint density at radius 2 is 1.97 bits per heavy atom. The first-order valence-corrected chi connectivity index (χ1v) is 11.6. The van der Waals surface area contributed by atoms with Crippen LogP contribution in [0.5, 0.6) is 0 Å². The second-order valence-electron chi connectivity index (χ2n) is 7.46. The first kappa shape index (κ1) is 23.2. The fourth-order valence-corrected chi connectivity index (χ4v) is 5.09. The highest BCUT2D eigenvalue weighted by Gasteiger charge is 2.35. The van der Waals surface area contributed by atoms with Crippen LogP contribution in [0.15, 0.2) is 30.3 Å². The van der Waals surface area contributed by atoms with Gasteiger partial charge in [0, 0.05) is 19.1 Å². The molecule has 1 fully saturated rings. The second-order valence-corrected chi connectivity index (χ2v) is 9.47. The van der Waals surface area contributed by atoms with Crippen molar-refractivity contribution in [3.63, 3.8) is 0 Å². The van der Waals surface area contributed by atoms with Gasteiger partial charge in [-0.15, -0.1) is 0 Å². The fraction of sp³-hybridized carbons (Fsp3) is 0.600. The molecule has 29 heavy (non-hydrogen) atoms. The van der Waals surface area contributed by atoms with E-state index in [0.29, 0.717) is 13.0 Å². The predicted molar refractivity (Wildman–Crippen MR) is 111 cm³/mol. The molecule has 1 aliphatic rings. The largest absolute Gasteiger partial charge is 0.445 e. The van der Waals surface area contributed by atoms with Crippen molar-refractivity contribution in [1.82, 2.24) is 14.5 Å². The van der Waals surface area contributed by atoms with Gasteiger partial charge in [0.15, 0.2) is 0 Å². The molecule has 0 radical (unpaired) electrons. The number of sulfonamides is 1. The van der Waals surface area contributed by atoms with Gasteiger partial charge in [0.1, 0.15) is 6.61 Å². The van der Waals surface area contributed by atoms with Crippen LogP contribution in [0.25, 0.3) is 0 Å². The van der Waals surface area contributed by atoms with Crippen LogP contribution >= 0.6 is 0 Å². The van der Waals surface area contributed by atoms with E-state index < -0.39 is 22.2 Å². The van der Waals surface area contributed by atoms with E-state index in [1.54, 1.807) is 6.92 Å². The number of nitrogens with zero attached hydrogens (tertiary/aromatic N) is 2. The number of nitrogens with one attached hydrogen (secondary N) is 1. The molecule has 1 heterocycles. The predicted octanol–water partition coefficient (Wildman–Crippen LogP) is 1.96. The molecule has 162 valence electrons. The Labute approximate surface area is 173 Å². The number of carbonyl (C=O) groups is 2. The third kappa shape index (κ3) is 7.01. The maximum atomic E-state index is 12.9. The highest BCUT2D eigenvalue weighted by atomic mass is 32.2. The first-order chi connectivity index (χ1) is 13.7. The Morgan fingerprint density at radius 3 is 2.59 bits per heavy atom. The van der Waals surface area contributed by atoms with Crippen LogP contribution in [0.4, 0.5) is 4.79 Å². The maximum absolute atomic E-state index is 12.9. The number of likely N-dealkylation sites (N-methyl/N-ethyl adjacent to an activating group) is 1. The third-order valence-corrected chi connectivity index (χ3v) is 6.72. The summed E-state index contributed by atoms with van der Waals surface area (Å²) in [6, 6.07) is 8.82. The number of amides is 2. The van der Waals surface area contributed by atoms with Gasteiger partial charge in [-0.2, -0.15) is 4.31 Å². The molecule has 1 aliphatic heterocycles. The van der Waals surface area contributed by atoms with Crippen molar-refractivity contribution in [2.75, 3.05) is 25.4 Å². The van der Waals surface area contributed by atoms with E-state index in [0.717, 1.165) is 16.3 Å². The van der Waals surface area contributed by atoms with Crippen molar-refractivity contribution < 1.29 is 22.7 Å². The lowest BCUT2D eigenvalue weighted by Crippen LogP contribution is -2.47. The van der Waals surface area contributed by atoms with Crippen LogP contribution in [-0.4, -0.2) is 67.1 Å². The molecule has 1 N–H and O–H groups in total. The van der Waals surface area contributed by atoms with Crippen molar-refractivity contribution >= 4 is 22.0 Å². The maximum Gasteiger partial charge on any atom is 0.410 e. The van der Waals surface area contributed by atoms with Gasteiger partial charge in [-0.1, -0.05) is 37.3 Å². The van der Waals surface area contributed by atoms with E-state index in [2.05, 4.69) is 5.32 Å². The van der Waals surface area contributed by atoms with E-state index in [4.69, 9.17) is 4.74 Å². The van der Waals surface area contributed by atoms with Gasteiger partial charge < -0.3 is 15.0 Å². The number of likely N-dealkylation sites (tertiary alicyclic amines) is 1. The zero-order valence-corrected chi connectivity index (χ0v) is 18.2.